The van der Waals surface area contributed by atoms with Crippen LogP contribution in [0.5, 0.6) is 0 Å². The minimum absolute atomic E-state index is 0.622. The highest BCUT2D eigenvalue weighted by atomic mass is 16.5. The Morgan fingerprint density at radius 3 is 3.36 bits per heavy atom. The molecule has 5 heteroatoms. The summed E-state index contributed by atoms with van der Waals surface area (Å²) in [5, 5.41) is 4.08. The molecular formula is C9H12N4O. The van der Waals surface area contributed by atoms with E-state index in [2.05, 4.69) is 20.3 Å². The van der Waals surface area contributed by atoms with Gasteiger partial charge in [-0.1, -0.05) is 0 Å². The molecule has 0 saturated carbocycles. The van der Waals surface area contributed by atoms with E-state index < -0.39 is 0 Å². The average Bonchev–Trinajstić information content (AvgIpc) is 2.65. The maximum absolute atomic E-state index is 4.91. The Hall–Kier alpha value is -1.62. The summed E-state index contributed by atoms with van der Waals surface area (Å²) in [5.41, 5.74) is 0.847. The van der Waals surface area contributed by atoms with E-state index in [1.165, 1.54) is 0 Å². The molecule has 14 heavy (non-hydrogen) atoms. The summed E-state index contributed by atoms with van der Waals surface area (Å²) in [6.45, 7) is 1.36. The predicted octanol–water partition coefficient (Wildman–Crippen LogP) is 1.02. The first-order valence-electron chi connectivity index (χ1n) is 4.43. The lowest BCUT2D eigenvalue weighted by Gasteiger charge is -2.02. The lowest BCUT2D eigenvalue weighted by atomic mass is 10.4. The van der Waals surface area contributed by atoms with Crippen molar-refractivity contribution in [1.29, 1.82) is 0 Å². The Balaban J connectivity index is 2.10. The van der Waals surface area contributed by atoms with E-state index in [-0.39, 0.29) is 0 Å². The molecule has 0 spiro atoms. The molecule has 0 unspecified atom stereocenters. The van der Waals surface area contributed by atoms with E-state index in [0.29, 0.717) is 19.1 Å². The van der Waals surface area contributed by atoms with Crippen LogP contribution < -0.4 is 5.32 Å². The third kappa shape index (κ3) is 1.82. The number of aromatic amines is 1. The van der Waals surface area contributed by atoms with E-state index in [0.717, 1.165) is 11.0 Å². The monoisotopic (exact) mass is 192 g/mol. The zero-order valence-electron chi connectivity index (χ0n) is 7.95. The first-order chi connectivity index (χ1) is 6.90. The molecule has 0 amide bonds. The third-order valence-corrected chi connectivity index (χ3v) is 1.89. The Bertz CT molecular complexity index is 412. The summed E-state index contributed by atoms with van der Waals surface area (Å²) < 4.78 is 4.91. The molecule has 0 aliphatic rings. The quantitative estimate of drug-likeness (QED) is 0.710. The van der Waals surface area contributed by atoms with Crippen molar-refractivity contribution >= 4 is 17.0 Å². The van der Waals surface area contributed by atoms with Gasteiger partial charge in [-0.05, 0) is 6.07 Å². The first kappa shape index (κ1) is 8.96. The molecule has 5 nitrogen and oxygen atoms in total. The molecule has 2 heterocycles. The number of fused-ring (bicyclic) bond motifs is 1. The molecule has 0 saturated heterocycles. The minimum Gasteiger partial charge on any atom is -0.383 e. The van der Waals surface area contributed by atoms with Crippen LogP contribution >= 0.6 is 0 Å². The van der Waals surface area contributed by atoms with E-state index in [4.69, 9.17) is 4.74 Å². The zero-order chi connectivity index (χ0) is 9.80. The number of anilines is 1. The second kappa shape index (κ2) is 4.06. The number of nitrogens with one attached hydrogen (secondary N) is 2. The molecule has 2 aromatic heterocycles. The Morgan fingerprint density at radius 1 is 1.57 bits per heavy atom. The molecule has 0 radical (unpaired) electrons. The van der Waals surface area contributed by atoms with Crippen molar-refractivity contribution < 1.29 is 4.74 Å². The summed E-state index contributed by atoms with van der Waals surface area (Å²) in [4.78, 5) is 11.5. The SMILES string of the molecule is COCCNc1ncc2cc[nH]c2n1. The number of nitrogens with zero attached hydrogens (tertiary/aromatic N) is 2. The van der Waals surface area contributed by atoms with Crippen LogP contribution in [0, 0.1) is 0 Å². The molecule has 0 bridgehead atoms. The number of rotatable bonds is 4. The average molecular weight is 192 g/mol. The van der Waals surface area contributed by atoms with Crippen molar-refractivity contribution in [2.45, 2.75) is 0 Å². The minimum atomic E-state index is 0.622. The van der Waals surface area contributed by atoms with Crippen LogP contribution in [-0.4, -0.2) is 35.2 Å². The molecule has 2 rings (SSSR count). The molecule has 0 atom stereocenters. The number of methoxy groups -OCH3 is 1. The van der Waals surface area contributed by atoms with Gasteiger partial charge in [-0.25, -0.2) is 4.98 Å². The van der Waals surface area contributed by atoms with Gasteiger partial charge in [0.05, 0.1) is 6.61 Å². The van der Waals surface area contributed by atoms with Crippen LogP contribution in [0.25, 0.3) is 11.0 Å². The summed E-state index contributed by atoms with van der Waals surface area (Å²) in [6, 6.07) is 1.94. The lowest BCUT2D eigenvalue weighted by molar-refractivity contribution is 0.210. The smallest absolute Gasteiger partial charge is 0.224 e. The molecular weight excluding hydrogens is 180 g/mol. The first-order valence-corrected chi connectivity index (χ1v) is 4.43. The van der Waals surface area contributed by atoms with Gasteiger partial charge in [-0.3, -0.25) is 0 Å². The van der Waals surface area contributed by atoms with Crippen LogP contribution in [-0.2, 0) is 4.74 Å². The highest BCUT2D eigenvalue weighted by Gasteiger charge is 1.98. The highest BCUT2D eigenvalue weighted by Crippen LogP contribution is 2.09. The van der Waals surface area contributed by atoms with Gasteiger partial charge in [0.25, 0.3) is 0 Å². The van der Waals surface area contributed by atoms with Crippen LogP contribution in [0.3, 0.4) is 0 Å². The summed E-state index contributed by atoms with van der Waals surface area (Å²) in [6.07, 6.45) is 3.63. The molecule has 0 aliphatic heterocycles. The summed E-state index contributed by atoms with van der Waals surface area (Å²) in [5.74, 6) is 0.622. The fourth-order valence-electron chi connectivity index (χ4n) is 1.19. The van der Waals surface area contributed by atoms with Gasteiger partial charge in [0.2, 0.25) is 5.95 Å². The Morgan fingerprint density at radius 2 is 2.50 bits per heavy atom. The van der Waals surface area contributed by atoms with Crippen molar-refractivity contribution in [3.63, 3.8) is 0 Å². The number of hydrogen-bond donors (Lipinski definition) is 2. The molecule has 0 aliphatic carbocycles. The van der Waals surface area contributed by atoms with E-state index >= 15 is 0 Å². The molecule has 2 N–H and O–H groups in total. The van der Waals surface area contributed by atoms with Crippen LogP contribution in [0.4, 0.5) is 5.95 Å². The largest absolute Gasteiger partial charge is 0.383 e. The van der Waals surface area contributed by atoms with Crippen molar-refractivity contribution in [3.8, 4) is 0 Å². The van der Waals surface area contributed by atoms with Crippen LogP contribution in [0.1, 0.15) is 0 Å². The highest BCUT2D eigenvalue weighted by molar-refractivity contribution is 5.75. The van der Waals surface area contributed by atoms with E-state index in [1.54, 1.807) is 13.3 Å². The fourth-order valence-corrected chi connectivity index (χ4v) is 1.19. The van der Waals surface area contributed by atoms with Crippen molar-refractivity contribution in [2.24, 2.45) is 0 Å². The predicted molar refractivity (Wildman–Crippen MR) is 54.3 cm³/mol. The topological polar surface area (TPSA) is 62.8 Å². The molecule has 2 aromatic rings. The lowest BCUT2D eigenvalue weighted by Crippen LogP contribution is -2.09. The summed E-state index contributed by atoms with van der Waals surface area (Å²) >= 11 is 0. The van der Waals surface area contributed by atoms with Crippen molar-refractivity contribution in [2.75, 3.05) is 25.6 Å². The van der Waals surface area contributed by atoms with Gasteiger partial charge < -0.3 is 15.0 Å². The maximum atomic E-state index is 4.91. The van der Waals surface area contributed by atoms with Crippen LogP contribution in [0.15, 0.2) is 18.5 Å². The second-order valence-electron chi connectivity index (χ2n) is 2.89. The van der Waals surface area contributed by atoms with Gasteiger partial charge in [-0.15, -0.1) is 0 Å². The van der Waals surface area contributed by atoms with E-state index in [9.17, 15) is 0 Å². The standard InChI is InChI=1S/C9H12N4O/c1-14-5-4-11-9-12-6-7-2-3-10-8(7)13-9/h2-3,6H,4-5H2,1H3,(H2,10,11,12,13). The van der Waals surface area contributed by atoms with Gasteiger partial charge in [0.1, 0.15) is 5.65 Å². The Kier molecular flexibility index (Phi) is 2.60. The number of ether oxygens (including phenoxy) is 1. The molecule has 0 fully saturated rings. The van der Waals surface area contributed by atoms with Gasteiger partial charge >= 0.3 is 0 Å². The normalized spacial score (nSPS) is 10.6. The second-order valence-corrected chi connectivity index (χ2v) is 2.89. The van der Waals surface area contributed by atoms with Gasteiger partial charge in [0.15, 0.2) is 0 Å². The fraction of sp³-hybridized carbons (Fsp3) is 0.333. The number of hydrogen-bond acceptors (Lipinski definition) is 4. The van der Waals surface area contributed by atoms with E-state index in [1.807, 2.05) is 12.3 Å². The van der Waals surface area contributed by atoms with Crippen molar-refractivity contribution in [1.82, 2.24) is 15.0 Å². The van der Waals surface area contributed by atoms with Gasteiger partial charge in [0, 0.05) is 31.4 Å². The maximum Gasteiger partial charge on any atom is 0.224 e. The number of aromatic nitrogens is 3. The summed E-state index contributed by atoms with van der Waals surface area (Å²) in [7, 11) is 1.66. The molecule has 0 aromatic carbocycles. The molecule has 74 valence electrons. The number of H-pyrrole nitrogens is 1. The Labute approximate surface area is 81.5 Å². The van der Waals surface area contributed by atoms with Crippen molar-refractivity contribution in [3.05, 3.63) is 18.5 Å². The zero-order valence-corrected chi connectivity index (χ0v) is 7.95. The van der Waals surface area contributed by atoms with Gasteiger partial charge in [-0.2, -0.15) is 4.98 Å². The van der Waals surface area contributed by atoms with Crippen LogP contribution in [0.2, 0.25) is 0 Å². The third-order valence-electron chi connectivity index (χ3n) is 1.89.